The van der Waals surface area contributed by atoms with Gasteiger partial charge in [0.1, 0.15) is 0 Å². The third-order valence-corrected chi connectivity index (χ3v) is 10.1. The summed E-state index contributed by atoms with van der Waals surface area (Å²) in [6.07, 6.45) is 0. The van der Waals surface area contributed by atoms with Crippen molar-refractivity contribution >= 4 is 6.14 Å². The Morgan fingerprint density at radius 3 is 0.952 bits per heavy atom. The molecule has 0 aromatic carbocycles. The summed E-state index contributed by atoms with van der Waals surface area (Å²) in [4.78, 5) is 4.52. The van der Waals surface area contributed by atoms with E-state index in [-0.39, 0.29) is 0 Å². The van der Waals surface area contributed by atoms with Crippen molar-refractivity contribution in [2.75, 3.05) is 0 Å². The summed E-state index contributed by atoms with van der Waals surface area (Å²) >= 11 is -3.87. The second kappa shape index (κ2) is 5.81. The molecule has 2 heterocycles. The maximum absolute atomic E-state index is 13.4. The van der Waals surface area contributed by atoms with Crippen molar-refractivity contribution in [2.24, 2.45) is 0 Å². The fourth-order valence-corrected chi connectivity index (χ4v) is 7.60. The minimum atomic E-state index is -3.87. The molecular weight excluding hydrogens is 501 g/mol. The van der Waals surface area contributed by atoms with E-state index < -0.39 is 77.8 Å². The summed E-state index contributed by atoms with van der Waals surface area (Å²) < 4.78 is 102. The van der Waals surface area contributed by atoms with Crippen LogP contribution in [0.3, 0.4) is 0 Å². The van der Waals surface area contributed by atoms with Gasteiger partial charge in [0.2, 0.25) is 0 Å². The Morgan fingerprint density at radius 1 is 0.476 bits per heavy atom. The zero-order chi connectivity index (χ0) is 15.9. The Balaban J connectivity index is 2.64. The summed E-state index contributed by atoms with van der Waals surface area (Å²) in [5.74, 6) is -15.8. The molecule has 0 bridgehead atoms. The van der Waals surface area contributed by atoms with Crippen LogP contribution in [0.15, 0.2) is 0 Å². The first-order valence-electron chi connectivity index (χ1n) is 5.11. The molecule has 0 N–H and O–H groups in total. The topological polar surface area (TPSA) is 25.8 Å². The fourth-order valence-electron chi connectivity index (χ4n) is 1.55. The van der Waals surface area contributed by atoms with Crippen molar-refractivity contribution in [3.05, 3.63) is 47.1 Å². The van der Waals surface area contributed by atoms with Crippen molar-refractivity contribution in [3.63, 3.8) is 0 Å². The van der Waals surface area contributed by atoms with Crippen LogP contribution in [0.4, 0.5) is 35.1 Å². The number of nitrogens with zero attached hydrogens (tertiary/aromatic N) is 2. The molecule has 0 amide bonds. The van der Waals surface area contributed by atoms with Crippen LogP contribution >= 0.6 is 0 Å². The quantitative estimate of drug-likeness (QED) is 0.356. The first-order valence-corrected chi connectivity index (χ1v) is 10.6. The minimum absolute atomic E-state index is 1.25. The van der Waals surface area contributed by atoms with E-state index in [9.17, 15) is 35.1 Å². The second-order valence-electron chi connectivity index (χ2n) is 3.78. The second-order valence-corrected chi connectivity index (χ2v) is 10.6. The molecule has 0 atom stereocenters. The zero-order valence-electron chi connectivity index (χ0n) is 9.63. The fraction of sp³-hybridized carbons (Fsp3) is 0. The summed E-state index contributed by atoms with van der Waals surface area (Å²) in [7, 11) is 0. The molecule has 0 aliphatic heterocycles. The zero-order valence-corrected chi connectivity index (χ0v) is 15.1. The van der Waals surface area contributed by atoms with Gasteiger partial charge >= 0.3 is 123 Å². The molecule has 0 radical (unpaired) electrons. The van der Waals surface area contributed by atoms with Gasteiger partial charge in [0.05, 0.1) is 0 Å². The molecule has 21 heavy (non-hydrogen) atoms. The van der Waals surface area contributed by atoms with E-state index in [1.165, 1.54) is 0 Å². The number of rotatable bonds is 2. The van der Waals surface area contributed by atoms with Crippen LogP contribution in [0, 0.1) is 47.1 Å². The van der Waals surface area contributed by atoms with Gasteiger partial charge in [0.15, 0.2) is 0 Å². The van der Waals surface area contributed by atoms with Gasteiger partial charge in [-0.05, 0) is 0 Å². The van der Waals surface area contributed by atoms with E-state index in [1.54, 1.807) is 0 Å². The van der Waals surface area contributed by atoms with Crippen molar-refractivity contribution in [1.82, 2.24) is 9.97 Å². The average molecular weight is 501 g/mol. The van der Waals surface area contributed by atoms with Crippen molar-refractivity contribution < 1.29 is 59.7 Å². The number of pyridine rings is 2. The van der Waals surface area contributed by atoms with Crippen molar-refractivity contribution in [3.8, 4) is 0 Å². The molecule has 0 aliphatic rings. The Bertz CT molecular complexity index is 622. The van der Waals surface area contributed by atoms with Gasteiger partial charge < -0.3 is 0 Å². The first-order chi connectivity index (χ1) is 9.73. The normalized spacial score (nSPS) is 10.7. The molecule has 108 valence electrons. The van der Waals surface area contributed by atoms with Gasteiger partial charge in [-0.25, -0.2) is 0 Å². The van der Waals surface area contributed by atoms with Crippen LogP contribution in [0.25, 0.3) is 0 Å². The standard InChI is InChI=1S/2C5F4N.Hg/c2*6-2-1-3(7)5(9)10-4(2)8;. The molecule has 2 rings (SSSR count). The number of aromatic nitrogens is 2. The molecule has 0 saturated heterocycles. The molecule has 0 spiro atoms. The van der Waals surface area contributed by atoms with Gasteiger partial charge in [-0.15, -0.1) is 0 Å². The Kier molecular flexibility index (Phi) is 4.45. The van der Waals surface area contributed by atoms with E-state index in [0.717, 1.165) is 0 Å². The predicted octanol–water partition coefficient (Wildman–Crippen LogP) is 1.62. The summed E-state index contributed by atoms with van der Waals surface area (Å²) in [5, 5.41) is 0. The van der Waals surface area contributed by atoms with E-state index >= 15 is 0 Å². The van der Waals surface area contributed by atoms with Gasteiger partial charge in [-0.2, -0.15) is 0 Å². The molecule has 0 fully saturated rings. The summed E-state index contributed by atoms with van der Waals surface area (Å²) in [6.45, 7) is 0. The predicted molar refractivity (Wildman–Crippen MR) is 47.4 cm³/mol. The summed E-state index contributed by atoms with van der Waals surface area (Å²) in [5.41, 5.74) is 0. The first kappa shape index (κ1) is 16.1. The Labute approximate surface area is 123 Å². The van der Waals surface area contributed by atoms with E-state index in [0.29, 0.717) is 0 Å². The molecule has 2 aromatic heterocycles. The molecule has 0 saturated carbocycles. The van der Waals surface area contributed by atoms with Crippen LogP contribution in [0.1, 0.15) is 0 Å². The third kappa shape index (κ3) is 2.85. The van der Waals surface area contributed by atoms with Gasteiger partial charge in [-0.1, -0.05) is 0 Å². The maximum atomic E-state index is 13.4. The Morgan fingerprint density at radius 2 is 0.714 bits per heavy atom. The van der Waals surface area contributed by atoms with E-state index in [2.05, 4.69) is 9.97 Å². The average Bonchev–Trinajstić information content (AvgIpc) is 2.42. The monoisotopic (exact) mass is 502 g/mol. The number of halogens is 8. The van der Waals surface area contributed by atoms with Crippen LogP contribution in [-0.2, 0) is 24.6 Å². The number of hydrogen-bond acceptors (Lipinski definition) is 2. The molecule has 0 unspecified atom stereocenters. The van der Waals surface area contributed by atoms with E-state index in [4.69, 9.17) is 0 Å². The molecule has 0 aliphatic carbocycles. The van der Waals surface area contributed by atoms with Crippen LogP contribution in [-0.4, -0.2) is 9.97 Å². The summed E-state index contributed by atoms with van der Waals surface area (Å²) in [6, 6.07) is 0. The molecular formula is C10F8HgN2. The van der Waals surface area contributed by atoms with Gasteiger partial charge in [0.25, 0.3) is 0 Å². The van der Waals surface area contributed by atoms with Crippen LogP contribution in [0.5, 0.6) is 0 Å². The van der Waals surface area contributed by atoms with Crippen LogP contribution < -0.4 is 6.14 Å². The Hall–Kier alpha value is -1.32. The molecule has 2 aromatic rings. The van der Waals surface area contributed by atoms with Crippen LogP contribution in [0.2, 0.25) is 0 Å². The van der Waals surface area contributed by atoms with Crippen molar-refractivity contribution in [2.45, 2.75) is 0 Å². The molecule has 11 heteroatoms. The number of hydrogen-bond donors (Lipinski definition) is 0. The SMILES string of the molecule is Fc1nc(F)c(F)[c]([Hg][c]2c(F)c(F)nc(F)c2F)c1F. The van der Waals surface area contributed by atoms with Gasteiger partial charge in [-0.3, -0.25) is 0 Å². The van der Waals surface area contributed by atoms with Gasteiger partial charge in [0, 0.05) is 0 Å². The molecule has 2 nitrogen and oxygen atoms in total. The van der Waals surface area contributed by atoms with E-state index in [1.807, 2.05) is 0 Å². The van der Waals surface area contributed by atoms with Crippen molar-refractivity contribution in [1.29, 1.82) is 0 Å². The third-order valence-electron chi connectivity index (χ3n) is 2.53.